The van der Waals surface area contributed by atoms with Crippen LogP contribution in [-0.2, 0) is 11.3 Å². The van der Waals surface area contributed by atoms with E-state index in [0.717, 1.165) is 34.3 Å². The third kappa shape index (κ3) is 3.43. The molecule has 2 fully saturated rings. The van der Waals surface area contributed by atoms with Gasteiger partial charge in [-0.2, -0.15) is 5.01 Å². The second-order valence-electron chi connectivity index (χ2n) is 8.94. The van der Waals surface area contributed by atoms with Crippen molar-refractivity contribution in [1.82, 2.24) is 20.3 Å². The molecule has 32 heavy (non-hydrogen) atoms. The summed E-state index contributed by atoms with van der Waals surface area (Å²) >= 11 is 0. The molecule has 7 nitrogen and oxygen atoms in total. The Kier molecular flexibility index (Phi) is 4.96. The molecule has 0 radical (unpaired) electrons. The van der Waals surface area contributed by atoms with Crippen LogP contribution in [0.4, 0.5) is 4.79 Å². The molecule has 0 bridgehead atoms. The predicted molar refractivity (Wildman–Crippen MR) is 121 cm³/mol. The molecule has 5 rings (SSSR count). The van der Waals surface area contributed by atoms with Crippen molar-refractivity contribution in [3.05, 3.63) is 71.9 Å². The van der Waals surface area contributed by atoms with Crippen molar-refractivity contribution in [2.75, 3.05) is 0 Å². The second kappa shape index (κ2) is 7.82. The average Bonchev–Trinajstić information content (AvgIpc) is 3.27. The van der Waals surface area contributed by atoms with E-state index >= 15 is 0 Å². The van der Waals surface area contributed by atoms with E-state index < -0.39 is 17.5 Å². The zero-order valence-corrected chi connectivity index (χ0v) is 18.0. The normalized spacial score (nSPS) is 23.0. The number of hydrogen-bond donors (Lipinski definition) is 2. The van der Waals surface area contributed by atoms with Crippen LogP contribution in [0.25, 0.3) is 10.9 Å². The molecular formula is C25H26N4O3. The van der Waals surface area contributed by atoms with Gasteiger partial charge in [0.1, 0.15) is 11.2 Å². The van der Waals surface area contributed by atoms with Gasteiger partial charge in [-0.1, -0.05) is 55.5 Å². The molecule has 1 aromatic heterocycles. The fourth-order valence-electron chi connectivity index (χ4n) is 4.81. The van der Waals surface area contributed by atoms with Gasteiger partial charge in [0.15, 0.2) is 0 Å². The Balaban J connectivity index is 1.43. The summed E-state index contributed by atoms with van der Waals surface area (Å²) < 4.78 is 1.91. The molecule has 1 aliphatic heterocycles. The van der Waals surface area contributed by atoms with Crippen molar-refractivity contribution in [3.63, 3.8) is 0 Å². The zero-order chi connectivity index (χ0) is 22.3. The molecule has 0 unspecified atom stereocenters. The molecule has 4 amide bonds. The SMILES string of the molecule is CC1CCC2(CC1)NC(=O)N(NC(=O)c1cc3ccccc3n1Cc1ccccc1)C2=O. The first-order chi connectivity index (χ1) is 15.5. The number of para-hydroxylation sites is 1. The van der Waals surface area contributed by atoms with E-state index in [9.17, 15) is 14.4 Å². The lowest BCUT2D eigenvalue weighted by Gasteiger charge is -2.33. The average molecular weight is 431 g/mol. The number of carbonyl (C=O) groups excluding carboxylic acids is 3. The van der Waals surface area contributed by atoms with Gasteiger partial charge in [-0.3, -0.25) is 15.0 Å². The van der Waals surface area contributed by atoms with Crippen LogP contribution in [0.15, 0.2) is 60.7 Å². The number of fused-ring (bicyclic) bond motifs is 1. The van der Waals surface area contributed by atoms with E-state index in [0.29, 0.717) is 31.0 Å². The number of nitrogens with one attached hydrogen (secondary N) is 2. The number of nitrogens with zero attached hydrogens (tertiary/aromatic N) is 2. The molecule has 1 saturated heterocycles. The van der Waals surface area contributed by atoms with Crippen LogP contribution in [0.3, 0.4) is 0 Å². The Bertz CT molecular complexity index is 1190. The van der Waals surface area contributed by atoms with Gasteiger partial charge in [0.2, 0.25) is 0 Å². The maximum absolute atomic E-state index is 13.3. The van der Waals surface area contributed by atoms with Crippen molar-refractivity contribution in [2.45, 2.75) is 44.7 Å². The minimum Gasteiger partial charge on any atom is -0.332 e. The van der Waals surface area contributed by atoms with E-state index in [1.54, 1.807) is 6.07 Å². The summed E-state index contributed by atoms with van der Waals surface area (Å²) in [5.41, 5.74) is 4.04. The highest BCUT2D eigenvalue weighted by Crippen LogP contribution is 2.36. The van der Waals surface area contributed by atoms with Crippen molar-refractivity contribution in [1.29, 1.82) is 0 Å². The quantitative estimate of drug-likeness (QED) is 0.617. The highest BCUT2D eigenvalue weighted by atomic mass is 16.2. The standard InChI is InChI=1S/C25H26N4O3/c1-17-11-13-25(14-12-17)23(31)29(24(32)26-25)27-22(30)21-15-19-9-5-6-10-20(19)28(21)16-18-7-3-2-4-8-18/h2-10,15,17H,11-14,16H2,1H3,(H,26,32)(H,27,30). The van der Waals surface area contributed by atoms with Crippen LogP contribution in [-0.4, -0.2) is 33.0 Å². The van der Waals surface area contributed by atoms with Crippen LogP contribution in [0, 0.1) is 5.92 Å². The monoisotopic (exact) mass is 430 g/mol. The fraction of sp³-hybridized carbons (Fsp3) is 0.320. The van der Waals surface area contributed by atoms with E-state index in [4.69, 9.17) is 0 Å². The van der Waals surface area contributed by atoms with Crippen LogP contribution in [0.5, 0.6) is 0 Å². The van der Waals surface area contributed by atoms with Gasteiger partial charge >= 0.3 is 6.03 Å². The molecule has 2 aliphatic rings. The predicted octanol–water partition coefficient (Wildman–Crippen LogP) is 3.84. The number of aromatic nitrogens is 1. The maximum atomic E-state index is 13.3. The summed E-state index contributed by atoms with van der Waals surface area (Å²) in [4.78, 5) is 39.1. The van der Waals surface area contributed by atoms with Gasteiger partial charge in [-0.25, -0.2) is 4.79 Å². The fourth-order valence-corrected chi connectivity index (χ4v) is 4.81. The number of carbonyl (C=O) groups is 3. The summed E-state index contributed by atoms with van der Waals surface area (Å²) in [6.45, 7) is 2.65. The first kappa shape index (κ1) is 20.3. The molecule has 0 atom stereocenters. The second-order valence-corrected chi connectivity index (χ2v) is 8.94. The van der Waals surface area contributed by atoms with E-state index in [-0.39, 0.29) is 5.91 Å². The zero-order valence-electron chi connectivity index (χ0n) is 18.0. The molecule has 3 aromatic rings. The molecular weight excluding hydrogens is 404 g/mol. The van der Waals surface area contributed by atoms with Gasteiger partial charge in [-0.05, 0) is 49.3 Å². The minimum absolute atomic E-state index is 0.367. The Morgan fingerprint density at radius 2 is 1.75 bits per heavy atom. The Labute approximate surface area is 186 Å². The summed E-state index contributed by atoms with van der Waals surface area (Å²) in [6, 6.07) is 18.8. The van der Waals surface area contributed by atoms with Crippen molar-refractivity contribution in [3.8, 4) is 0 Å². The van der Waals surface area contributed by atoms with Gasteiger partial charge in [0, 0.05) is 17.4 Å². The highest BCUT2D eigenvalue weighted by molar-refractivity contribution is 6.09. The van der Waals surface area contributed by atoms with Crippen LogP contribution in [0.2, 0.25) is 0 Å². The third-order valence-corrected chi connectivity index (χ3v) is 6.73. The first-order valence-electron chi connectivity index (χ1n) is 11.1. The molecule has 164 valence electrons. The molecule has 2 N–H and O–H groups in total. The summed E-state index contributed by atoms with van der Waals surface area (Å²) in [6.07, 6.45) is 2.94. The van der Waals surface area contributed by atoms with Gasteiger partial charge in [-0.15, -0.1) is 0 Å². The number of imide groups is 1. The van der Waals surface area contributed by atoms with Gasteiger partial charge in [0.25, 0.3) is 11.8 Å². The lowest BCUT2D eigenvalue weighted by Crippen LogP contribution is -2.51. The van der Waals surface area contributed by atoms with Crippen molar-refractivity contribution >= 4 is 28.7 Å². The Morgan fingerprint density at radius 3 is 2.50 bits per heavy atom. The Hall–Kier alpha value is -3.61. The maximum Gasteiger partial charge on any atom is 0.344 e. The van der Waals surface area contributed by atoms with Crippen LogP contribution < -0.4 is 10.7 Å². The van der Waals surface area contributed by atoms with Crippen LogP contribution in [0.1, 0.15) is 48.7 Å². The summed E-state index contributed by atoms with van der Waals surface area (Å²) in [7, 11) is 0. The largest absolute Gasteiger partial charge is 0.344 e. The van der Waals surface area contributed by atoms with E-state index in [2.05, 4.69) is 17.7 Å². The summed E-state index contributed by atoms with van der Waals surface area (Å²) in [5.74, 6) is -0.321. The molecule has 2 heterocycles. The van der Waals surface area contributed by atoms with Gasteiger partial charge < -0.3 is 9.88 Å². The van der Waals surface area contributed by atoms with Crippen LogP contribution >= 0.6 is 0 Å². The number of hydrogen-bond acceptors (Lipinski definition) is 3. The third-order valence-electron chi connectivity index (χ3n) is 6.73. The molecule has 7 heteroatoms. The Morgan fingerprint density at radius 1 is 1.06 bits per heavy atom. The summed E-state index contributed by atoms with van der Waals surface area (Å²) in [5, 5.41) is 4.63. The molecule has 1 spiro atoms. The highest BCUT2D eigenvalue weighted by Gasteiger charge is 2.53. The van der Waals surface area contributed by atoms with Crippen molar-refractivity contribution < 1.29 is 14.4 Å². The topological polar surface area (TPSA) is 83.4 Å². The smallest absolute Gasteiger partial charge is 0.332 e. The number of amides is 4. The number of benzene rings is 2. The lowest BCUT2D eigenvalue weighted by atomic mass is 9.77. The van der Waals surface area contributed by atoms with E-state index in [1.807, 2.05) is 59.2 Å². The molecule has 2 aromatic carbocycles. The number of urea groups is 1. The minimum atomic E-state index is -0.895. The number of rotatable bonds is 4. The van der Waals surface area contributed by atoms with E-state index in [1.165, 1.54) is 0 Å². The first-order valence-corrected chi connectivity index (χ1v) is 11.1. The van der Waals surface area contributed by atoms with Crippen molar-refractivity contribution in [2.24, 2.45) is 5.92 Å². The number of hydrazine groups is 1. The molecule has 1 saturated carbocycles. The lowest BCUT2D eigenvalue weighted by molar-refractivity contribution is -0.134. The molecule has 1 aliphatic carbocycles. The van der Waals surface area contributed by atoms with Gasteiger partial charge in [0.05, 0.1) is 0 Å².